The van der Waals surface area contributed by atoms with Crippen molar-refractivity contribution >= 4 is 5.96 Å². The summed E-state index contributed by atoms with van der Waals surface area (Å²) in [6.45, 7) is 7.32. The summed E-state index contributed by atoms with van der Waals surface area (Å²) in [6.07, 6.45) is 6.85. The van der Waals surface area contributed by atoms with E-state index >= 15 is 0 Å². The average Bonchev–Trinajstić information content (AvgIpc) is 3.20. The van der Waals surface area contributed by atoms with Crippen LogP contribution in [0, 0.1) is 5.92 Å². The Kier molecular flexibility index (Phi) is 5.36. The van der Waals surface area contributed by atoms with Crippen molar-refractivity contribution in [2.75, 3.05) is 53.0 Å². The summed E-state index contributed by atoms with van der Waals surface area (Å²) in [7, 11) is 1.92. The van der Waals surface area contributed by atoms with Crippen LogP contribution in [0.1, 0.15) is 32.1 Å². The van der Waals surface area contributed by atoms with Gasteiger partial charge in [-0.05, 0) is 25.2 Å². The maximum atomic E-state index is 5.46. The largest absolute Gasteiger partial charge is 0.379 e. The molecule has 2 heterocycles. The third-order valence-electron chi connectivity index (χ3n) is 5.26. The lowest BCUT2D eigenvalue weighted by Gasteiger charge is -2.32. The number of likely N-dealkylation sites (tertiary alicyclic amines) is 1. The lowest BCUT2D eigenvalue weighted by molar-refractivity contribution is 0.0195. The van der Waals surface area contributed by atoms with Crippen molar-refractivity contribution < 1.29 is 4.74 Å². The topological polar surface area (TPSA) is 40.1 Å². The highest BCUT2D eigenvalue weighted by Gasteiger charge is 2.30. The van der Waals surface area contributed by atoms with Gasteiger partial charge in [0.1, 0.15) is 0 Å². The predicted molar refractivity (Wildman–Crippen MR) is 85.7 cm³/mol. The summed E-state index contributed by atoms with van der Waals surface area (Å²) >= 11 is 0. The molecule has 0 spiro atoms. The monoisotopic (exact) mass is 294 g/mol. The van der Waals surface area contributed by atoms with E-state index in [0.29, 0.717) is 6.04 Å². The van der Waals surface area contributed by atoms with E-state index in [0.717, 1.165) is 57.8 Å². The van der Waals surface area contributed by atoms with Gasteiger partial charge in [-0.2, -0.15) is 0 Å². The molecule has 1 unspecified atom stereocenters. The van der Waals surface area contributed by atoms with E-state index in [9.17, 15) is 0 Å². The van der Waals surface area contributed by atoms with Crippen molar-refractivity contribution in [1.29, 1.82) is 0 Å². The maximum absolute atomic E-state index is 5.46. The third kappa shape index (κ3) is 3.89. The highest BCUT2D eigenvalue weighted by molar-refractivity contribution is 5.80. The number of hydrogen-bond donors (Lipinski definition) is 1. The fourth-order valence-electron chi connectivity index (χ4n) is 3.96. The molecule has 0 radical (unpaired) electrons. The van der Waals surface area contributed by atoms with Gasteiger partial charge >= 0.3 is 0 Å². The minimum Gasteiger partial charge on any atom is -0.379 e. The van der Waals surface area contributed by atoms with Gasteiger partial charge in [0, 0.05) is 45.8 Å². The Hall–Kier alpha value is -0.810. The van der Waals surface area contributed by atoms with Crippen molar-refractivity contribution in [3.05, 3.63) is 0 Å². The highest BCUT2D eigenvalue weighted by Crippen LogP contribution is 2.24. The molecule has 0 amide bonds. The molecule has 21 heavy (non-hydrogen) atoms. The molecule has 3 aliphatic rings. The van der Waals surface area contributed by atoms with Crippen molar-refractivity contribution in [1.82, 2.24) is 15.1 Å². The minimum atomic E-state index is 0.680. The second-order valence-electron chi connectivity index (χ2n) is 6.62. The number of rotatable bonds is 3. The van der Waals surface area contributed by atoms with Crippen molar-refractivity contribution in [3.63, 3.8) is 0 Å². The lowest BCUT2D eigenvalue weighted by Crippen LogP contribution is -2.47. The van der Waals surface area contributed by atoms with Gasteiger partial charge < -0.3 is 15.0 Å². The van der Waals surface area contributed by atoms with E-state index in [1.54, 1.807) is 0 Å². The molecular formula is C16H30N4O. The third-order valence-corrected chi connectivity index (χ3v) is 5.26. The van der Waals surface area contributed by atoms with Crippen molar-refractivity contribution in [3.8, 4) is 0 Å². The standard InChI is InChI=1S/C16H30N4O/c1-17-16(18-12-14-4-2-3-5-14)20-7-6-15(13-20)19-8-10-21-11-9-19/h14-15H,2-13H2,1H3,(H,17,18). The number of ether oxygens (including phenoxy) is 1. The first-order chi connectivity index (χ1) is 10.4. The molecule has 1 N–H and O–H groups in total. The van der Waals surface area contributed by atoms with Gasteiger partial charge in [0.05, 0.1) is 13.2 Å². The van der Waals surface area contributed by atoms with Crippen LogP contribution in [0.15, 0.2) is 4.99 Å². The molecule has 1 saturated carbocycles. The highest BCUT2D eigenvalue weighted by atomic mass is 16.5. The van der Waals surface area contributed by atoms with Gasteiger partial charge in [0.15, 0.2) is 5.96 Å². The molecule has 2 aliphatic heterocycles. The smallest absolute Gasteiger partial charge is 0.193 e. The van der Waals surface area contributed by atoms with Crippen LogP contribution in [-0.2, 0) is 4.74 Å². The van der Waals surface area contributed by atoms with Gasteiger partial charge in [-0.3, -0.25) is 9.89 Å². The summed E-state index contributed by atoms with van der Waals surface area (Å²) in [5.74, 6) is 1.97. The average molecular weight is 294 g/mol. The predicted octanol–water partition coefficient (Wildman–Crippen LogP) is 1.16. The SMILES string of the molecule is CN=C(NCC1CCCC1)N1CCC(N2CCOCC2)C1. The Bertz CT molecular complexity index is 348. The fourth-order valence-corrected chi connectivity index (χ4v) is 3.96. The van der Waals surface area contributed by atoms with Crippen LogP contribution in [-0.4, -0.2) is 74.8 Å². The van der Waals surface area contributed by atoms with E-state index < -0.39 is 0 Å². The molecule has 2 saturated heterocycles. The molecule has 1 aliphatic carbocycles. The van der Waals surface area contributed by atoms with Crippen LogP contribution in [0.25, 0.3) is 0 Å². The van der Waals surface area contributed by atoms with Gasteiger partial charge in [0.25, 0.3) is 0 Å². The number of guanidine groups is 1. The molecule has 120 valence electrons. The van der Waals surface area contributed by atoms with Gasteiger partial charge in [-0.15, -0.1) is 0 Å². The number of morpholine rings is 1. The Morgan fingerprint density at radius 2 is 1.90 bits per heavy atom. The summed E-state index contributed by atoms with van der Waals surface area (Å²) in [6, 6.07) is 0.680. The molecule has 3 rings (SSSR count). The number of nitrogens with one attached hydrogen (secondary N) is 1. The van der Waals surface area contributed by atoms with Crippen LogP contribution < -0.4 is 5.32 Å². The minimum absolute atomic E-state index is 0.680. The quantitative estimate of drug-likeness (QED) is 0.626. The Morgan fingerprint density at radius 1 is 1.14 bits per heavy atom. The van der Waals surface area contributed by atoms with Crippen LogP contribution in [0.4, 0.5) is 0 Å². The molecule has 5 heteroatoms. The van der Waals surface area contributed by atoms with Crippen LogP contribution in [0.3, 0.4) is 0 Å². The molecule has 0 bridgehead atoms. The molecule has 3 fully saturated rings. The Morgan fingerprint density at radius 3 is 2.62 bits per heavy atom. The second-order valence-corrected chi connectivity index (χ2v) is 6.62. The first-order valence-electron chi connectivity index (χ1n) is 8.64. The van der Waals surface area contributed by atoms with Crippen molar-refractivity contribution in [2.45, 2.75) is 38.1 Å². The van der Waals surface area contributed by atoms with E-state index in [4.69, 9.17) is 4.74 Å². The molecule has 0 aromatic rings. The van der Waals surface area contributed by atoms with Crippen LogP contribution in [0.5, 0.6) is 0 Å². The zero-order chi connectivity index (χ0) is 14.5. The number of aliphatic imine (C=N–C) groups is 1. The van der Waals surface area contributed by atoms with E-state index in [-0.39, 0.29) is 0 Å². The number of nitrogens with zero attached hydrogens (tertiary/aromatic N) is 3. The second kappa shape index (κ2) is 7.45. The lowest BCUT2D eigenvalue weighted by atomic mass is 10.1. The normalized spacial score (nSPS) is 29.3. The Labute approximate surface area is 128 Å². The molecule has 0 aromatic heterocycles. The van der Waals surface area contributed by atoms with Gasteiger partial charge in [-0.25, -0.2) is 0 Å². The van der Waals surface area contributed by atoms with E-state index in [2.05, 4.69) is 20.1 Å². The van der Waals surface area contributed by atoms with Crippen LogP contribution >= 0.6 is 0 Å². The first kappa shape index (κ1) is 15.1. The summed E-state index contributed by atoms with van der Waals surface area (Å²) < 4.78 is 5.46. The first-order valence-corrected chi connectivity index (χ1v) is 8.64. The zero-order valence-electron chi connectivity index (χ0n) is 13.4. The van der Waals surface area contributed by atoms with Gasteiger partial charge in [0.2, 0.25) is 0 Å². The molecule has 0 aromatic carbocycles. The molecule has 5 nitrogen and oxygen atoms in total. The van der Waals surface area contributed by atoms with Crippen LogP contribution in [0.2, 0.25) is 0 Å². The summed E-state index contributed by atoms with van der Waals surface area (Å²) in [4.78, 5) is 9.53. The summed E-state index contributed by atoms with van der Waals surface area (Å²) in [5, 5.41) is 3.61. The molecular weight excluding hydrogens is 264 g/mol. The zero-order valence-corrected chi connectivity index (χ0v) is 13.4. The van der Waals surface area contributed by atoms with Crippen molar-refractivity contribution in [2.24, 2.45) is 10.9 Å². The fraction of sp³-hybridized carbons (Fsp3) is 0.938. The number of hydrogen-bond acceptors (Lipinski definition) is 3. The Balaban J connectivity index is 1.46. The molecule has 1 atom stereocenters. The maximum Gasteiger partial charge on any atom is 0.193 e. The van der Waals surface area contributed by atoms with E-state index in [1.807, 2.05) is 7.05 Å². The van der Waals surface area contributed by atoms with E-state index in [1.165, 1.54) is 32.1 Å². The summed E-state index contributed by atoms with van der Waals surface area (Å²) in [5.41, 5.74) is 0. The van der Waals surface area contributed by atoms with Gasteiger partial charge in [-0.1, -0.05) is 12.8 Å².